The third-order valence-electron chi connectivity index (χ3n) is 7.01. The summed E-state index contributed by atoms with van der Waals surface area (Å²) >= 11 is 6.53. The predicted molar refractivity (Wildman–Crippen MR) is 159 cm³/mol. The molecule has 5 aromatic carbocycles. The predicted octanol–water partition coefficient (Wildman–Crippen LogP) is 7.08. The number of nitrogens with zero attached hydrogens (tertiary/aromatic N) is 1. The van der Waals surface area contributed by atoms with Crippen molar-refractivity contribution in [1.82, 2.24) is 0 Å². The van der Waals surface area contributed by atoms with Gasteiger partial charge in [-0.05, 0) is 28.8 Å². The Hall–Kier alpha value is -5.14. The van der Waals surface area contributed by atoms with E-state index in [0.717, 1.165) is 16.0 Å². The van der Waals surface area contributed by atoms with Crippen molar-refractivity contribution in [1.29, 1.82) is 0 Å². The van der Waals surface area contributed by atoms with Gasteiger partial charge in [-0.3, -0.25) is 14.4 Å². The molecule has 0 radical (unpaired) electrons. The molecule has 0 bridgehead atoms. The molecule has 42 heavy (non-hydrogen) atoms. The monoisotopic (exact) mass is 577 g/mol. The van der Waals surface area contributed by atoms with E-state index in [2.05, 4.69) is 0 Å². The van der Waals surface area contributed by atoms with Gasteiger partial charge in [-0.1, -0.05) is 103 Å². The van der Waals surface area contributed by atoms with Crippen molar-refractivity contribution in [2.75, 3.05) is 4.90 Å². The Labute approximate surface area is 246 Å². The number of ether oxygens (including phenoxy) is 2. The topological polar surface area (TPSA) is 93.1 Å². The van der Waals surface area contributed by atoms with E-state index in [0.29, 0.717) is 16.3 Å². The Kier molecular flexibility index (Phi) is 7.33. The lowest BCUT2D eigenvalue weighted by Gasteiger charge is -2.17. The van der Waals surface area contributed by atoms with Crippen LogP contribution in [0.2, 0.25) is 5.02 Å². The summed E-state index contributed by atoms with van der Waals surface area (Å²) in [6.45, 7) is 0.348. The first-order valence-electron chi connectivity index (χ1n) is 13.2. The van der Waals surface area contributed by atoms with E-state index >= 15 is 0 Å². The molecule has 2 amide bonds. The minimum atomic E-state index is -1.02. The number of imide groups is 1. The van der Waals surface area contributed by atoms with Crippen LogP contribution in [-0.2, 0) is 24.4 Å². The molecule has 0 atom stereocenters. The summed E-state index contributed by atoms with van der Waals surface area (Å²) in [5.74, 6) is -1.69. The summed E-state index contributed by atoms with van der Waals surface area (Å²) in [6.07, 6.45) is -0.248. The molecule has 7 nitrogen and oxygen atoms in total. The normalized spacial score (nSPS) is 12.5. The lowest BCUT2D eigenvalue weighted by Crippen LogP contribution is -2.29. The van der Waals surface area contributed by atoms with E-state index in [4.69, 9.17) is 21.1 Å². The van der Waals surface area contributed by atoms with Crippen LogP contribution in [0.15, 0.2) is 103 Å². The van der Waals surface area contributed by atoms with Crippen LogP contribution in [0.4, 0.5) is 5.69 Å². The van der Waals surface area contributed by atoms with Crippen LogP contribution in [0, 0.1) is 0 Å². The Morgan fingerprint density at radius 3 is 1.60 bits per heavy atom. The zero-order valence-corrected chi connectivity index (χ0v) is 23.0. The maximum Gasteiger partial charge on any atom is 0.307 e. The van der Waals surface area contributed by atoms with Gasteiger partial charge in [0.15, 0.2) is 0 Å². The van der Waals surface area contributed by atoms with Gasteiger partial charge < -0.3 is 14.6 Å². The fraction of sp³-hybridized carbons (Fsp3) is 0.0882. The molecule has 0 saturated carbocycles. The molecule has 208 valence electrons. The number of carboxylic acid groups (broad SMARTS) is 1. The summed E-state index contributed by atoms with van der Waals surface area (Å²) in [4.78, 5) is 40.5. The largest absolute Gasteiger partial charge is 0.487 e. The minimum Gasteiger partial charge on any atom is -0.487 e. The number of hydrogen-bond donors (Lipinski definition) is 1. The van der Waals surface area contributed by atoms with Crippen molar-refractivity contribution in [3.63, 3.8) is 0 Å². The molecule has 0 aromatic heterocycles. The number of anilines is 1. The van der Waals surface area contributed by atoms with Crippen LogP contribution in [-0.4, -0.2) is 22.9 Å². The lowest BCUT2D eigenvalue weighted by molar-refractivity contribution is -0.136. The summed E-state index contributed by atoms with van der Waals surface area (Å²) in [6, 6.07) is 30.9. The number of carboxylic acids is 1. The summed E-state index contributed by atoms with van der Waals surface area (Å²) in [5, 5.41) is 10.5. The molecule has 0 unspecified atom stereocenters. The number of carbonyl (C=O) groups excluding carboxylic acids is 2. The molecule has 6 rings (SSSR count). The number of fused-ring (bicyclic) bond motifs is 2. The van der Waals surface area contributed by atoms with Gasteiger partial charge in [-0.15, -0.1) is 0 Å². The van der Waals surface area contributed by atoms with Gasteiger partial charge in [0, 0.05) is 10.8 Å². The molecule has 0 fully saturated rings. The quantitative estimate of drug-likeness (QED) is 0.188. The number of amides is 2. The first-order chi connectivity index (χ1) is 20.4. The van der Waals surface area contributed by atoms with Gasteiger partial charge in [0.2, 0.25) is 0 Å². The van der Waals surface area contributed by atoms with Gasteiger partial charge in [0.1, 0.15) is 24.7 Å². The Morgan fingerprint density at radius 1 is 0.667 bits per heavy atom. The highest BCUT2D eigenvalue weighted by Gasteiger charge is 2.44. The van der Waals surface area contributed by atoms with Crippen LogP contribution in [0.25, 0.3) is 10.8 Å². The summed E-state index contributed by atoms with van der Waals surface area (Å²) < 4.78 is 12.6. The first-order valence-corrected chi connectivity index (χ1v) is 13.6. The second-order valence-corrected chi connectivity index (χ2v) is 10.2. The highest BCUT2D eigenvalue weighted by molar-refractivity contribution is 6.41. The third kappa shape index (κ3) is 5.06. The van der Waals surface area contributed by atoms with Crippen molar-refractivity contribution < 1.29 is 29.0 Å². The third-order valence-corrected chi connectivity index (χ3v) is 7.32. The Bertz CT molecular complexity index is 1740. The molecule has 0 spiro atoms. The van der Waals surface area contributed by atoms with Crippen molar-refractivity contribution in [3.8, 4) is 11.5 Å². The maximum absolute atomic E-state index is 14.1. The van der Waals surface area contributed by atoms with Crippen molar-refractivity contribution in [2.24, 2.45) is 0 Å². The molecule has 1 aliphatic heterocycles. The molecular weight excluding hydrogens is 554 g/mol. The summed E-state index contributed by atoms with van der Waals surface area (Å²) in [5.41, 5.74) is 2.55. The fourth-order valence-electron chi connectivity index (χ4n) is 5.09. The maximum atomic E-state index is 14.1. The van der Waals surface area contributed by atoms with Gasteiger partial charge in [0.05, 0.1) is 28.3 Å². The minimum absolute atomic E-state index is 0.0753. The van der Waals surface area contributed by atoms with E-state index in [9.17, 15) is 19.5 Å². The van der Waals surface area contributed by atoms with E-state index in [-0.39, 0.29) is 53.0 Å². The van der Waals surface area contributed by atoms with Gasteiger partial charge in [-0.25, -0.2) is 4.90 Å². The van der Waals surface area contributed by atoms with E-state index < -0.39 is 17.8 Å². The van der Waals surface area contributed by atoms with Crippen LogP contribution in [0.5, 0.6) is 11.5 Å². The first kappa shape index (κ1) is 27.1. The van der Waals surface area contributed by atoms with Crippen molar-refractivity contribution in [3.05, 3.63) is 136 Å². The van der Waals surface area contributed by atoms with Crippen LogP contribution >= 0.6 is 11.6 Å². The lowest BCUT2D eigenvalue weighted by atomic mass is 9.98. The Balaban J connectivity index is 1.50. The van der Waals surface area contributed by atoms with E-state index in [1.165, 1.54) is 18.2 Å². The van der Waals surface area contributed by atoms with Crippen molar-refractivity contribution >= 4 is 45.8 Å². The number of hydrogen-bond acceptors (Lipinski definition) is 5. The number of benzene rings is 5. The molecule has 0 aliphatic carbocycles. The zero-order valence-electron chi connectivity index (χ0n) is 22.2. The second-order valence-electron chi connectivity index (χ2n) is 9.80. The van der Waals surface area contributed by atoms with Gasteiger partial charge in [0.25, 0.3) is 11.8 Å². The molecule has 1 heterocycles. The van der Waals surface area contributed by atoms with Gasteiger partial charge >= 0.3 is 5.97 Å². The molecular formula is C34H24ClNO6. The van der Waals surface area contributed by atoms with Crippen molar-refractivity contribution in [2.45, 2.75) is 19.6 Å². The number of rotatable bonds is 9. The molecule has 1 N–H and O–H groups in total. The second kappa shape index (κ2) is 11.4. The SMILES string of the molecule is O=C(O)Cc1ccc(N2C(=O)c3c(c(OCc4ccccc4)c4ccccc4c3OCc3ccccc3)C2=O)c(Cl)c1. The molecule has 1 aliphatic rings. The van der Waals surface area contributed by atoms with Crippen LogP contribution in [0.3, 0.4) is 0 Å². The molecule has 5 aromatic rings. The van der Waals surface area contributed by atoms with Crippen LogP contribution < -0.4 is 14.4 Å². The number of aliphatic carboxylic acids is 1. The highest BCUT2D eigenvalue weighted by Crippen LogP contribution is 2.47. The molecule has 0 saturated heterocycles. The number of carbonyl (C=O) groups is 3. The summed E-state index contributed by atoms with van der Waals surface area (Å²) in [7, 11) is 0. The molecule has 8 heteroatoms. The average molecular weight is 578 g/mol. The smallest absolute Gasteiger partial charge is 0.307 e. The zero-order chi connectivity index (χ0) is 29.2. The van der Waals surface area contributed by atoms with Crippen LogP contribution in [0.1, 0.15) is 37.4 Å². The number of halogens is 1. The average Bonchev–Trinajstić information content (AvgIpc) is 3.25. The van der Waals surface area contributed by atoms with Gasteiger partial charge in [-0.2, -0.15) is 0 Å². The van der Waals surface area contributed by atoms with E-state index in [1.807, 2.05) is 84.9 Å². The van der Waals surface area contributed by atoms with E-state index in [1.54, 1.807) is 0 Å². The fourth-order valence-corrected chi connectivity index (χ4v) is 5.38. The standard InChI is InChI=1S/C34H24ClNO6/c35-26-17-23(18-28(37)38)15-16-27(26)36-33(39)29-30(34(36)40)32(42-20-22-11-5-2-6-12-22)25-14-8-7-13-24(25)31(29)41-19-21-9-3-1-4-10-21/h1-17H,18-20H2,(H,37,38). The Morgan fingerprint density at radius 2 is 1.14 bits per heavy atom. The highest BCUT2D eigenvalue weighted by atomic mass is 35.5.